The highest BCUT2D eigenvalue weighted by atomic mass is 32.2. The number of nitrogens with one attached hydrogen (secondary N) is 1. The van der Waals surface area contributed by atoms with Crippen molar-refractivity contribution in [1.29, 1.82) is 0 Å². The van der Waals surface area contributed by atoms with Gasteiger partial charge in [0.15, 0.2) is 5.60 Å². The quantitative estimate of drug-likeness (QED) is 0.461. The predicted molar refractivity (Wildman–Crippen MR) is 72.4 cm³/mol. The second-order valence-electron chi connectivity index (χ2n) is 4.35. The highest BCUT2D eigenvalue weighted by Gasteiger charge is 2.30. The topological polar surface area (TPSA) is 58.6 Å². The minimum absolute atomic E-state index is 0.241. The molecule has 0 aromatic rings. The van der Waals surface area contributed by atoms with Crippen molar-refractivity contribution in [2.75, 3.05) is 32.2 Å². The van der Waals surface area contributed by atoms with E-state index in [1.54, 1.807) is 0 Å². The van der Waals surface area contributed by atoms with Crippen LogP contribution in [0.2, 0.25) is 0 Å². The summed E-state index contributed by atoms with van der Waals surface area (Å²) in [5.41, 5.74) is -1.42. The molecule has 2 N–H and O–H groups in total. The van der Waals surface area contributed by atoms with Gasteiger partial charge in [0.05, 0.1) is 7.11 Å². The molecule has 17 heavy (non-hydrogen) atoms. The van der Waals surface area contributed by atoms with E-state index in [9.17, 15) is 9.90 Å². The molecular formula is C12H25NO3S. The standard InChI is InChI=1S/C12H25NO3S/c1-12(15,11(14)16-2)10-13-8-6-4-5-7-9-17-3/h13,15H,4-10H2,1-3H3. The van der Waals surface area contributed by atoms with Crippen LogP contribution in [-0.2, 0) is 9.53 Å². The number of thioether (sulfide) groups is 1. The monoisotopic (exact) mass is 263 g/mol. The van der Waals surface area contributed by atoms with Gasteiger partial charge in [0, 0.05) is 6.54 Å². The number of ether oxygens (including phenoxy) is 1. The minimum Gasteiger partial charge on any atom is -0.467 e. The van der Waals surface area contributed by atoms with Gasteiger partial charge in [-0.1, -0.05) is 12.8 Å². The second kappa shape index (κ2) is 9.74. The van der Waals surface area contributed by atoms with Crippen LogP contribution in [0.4, 0.5) is 0 Å². The summed E-state index contributed by atoms with van der Waals surface area (Å²) in [5, 5.41) is 12.8. The molecule has 0 aliphatic rings. The van der Waals surface area contributed by atoms with Gasteiger partial charge in [-0.25, -0.2) is 4.79 Å². The maximum atomic E-state index is 11.2. The number of hydrogen-bond acceptors (Lipinski definition) is 5. The van der Waals surface area contributed by atoms with Gasteiger partial charge in [0.1, 0.15) is 0 Å². The van der Waals surface area contributed by atoms with Crippen LogP contribution in [0.25, 0.3) is 0 Å². The maximum absolute atomic E-state index is 11.2. The van der Waals surface area contributed by atoms with Crippen molar-refractivity contribution in [2.45, 2.75) is 38.2 Å². The van der Waals surface area contributed by atoms with E-state index < -0.39 is 11.6 Å². The number of unbranched alkanes of at least 4 members (excludes halogenated alkanes) is 3. The summed E-state index contributed by atoms with van der Waals surface area (Å²) in [5.74, 6) is 0.634. The molecule has 0 rings (SSSR count). The third kappa shape index (κ3) is 8.46. The third-order valence-electron chi connectivity index (χ3n) is 2.55. The molecule has 5 heteroatoms. The largest absolute Gasteiger partial charge is 0.467 e. The van der Waals surface area contributed by atoms with Crippen molar-refractivity contribution in [2.24, 2.45) is 0 Å². The van der Waals surface area contributed by atoms with E-state index in [0.29, 0.717) is 0 Å². The molecule has 102 valence electrons. The molecule has 0 aliphatic carbocycles. The van der Waals surface area contributed by atoms with Gasteiger partial charge in [-0.3, -0.25) is 0 Å². The van der Waals surface area contributed by atoms with Crippen LogP contribution in [0, 0.1) is 0 Å². The molecule has 0 saturated carbocycles. The normalized spacial score (nSPS) is 14.4. The summed E-state index contributed by atoms with van der Waals surface area (Å²) in [4.78, 5) is 11.2. The van der Waals surface area contributed by atoms with E-state index in [1.165, 1.54) is 39.0 Å². The van der Waals surface area contributed by atoms with Gasteiger partial charge >= 0.3 is 5.97 Å². The fraction of sp³-hybridized carbons (Fsp3) is 0.917. The van der Waals surface area contributed by atoms with Gasteiger partial charge in [0.25, 0.3) is 0 Å². The number of carbonyl (C=O) groups excluding carboxylic acids is 1. The zero-order valence-electron chi connectivity index (χ0n) is 11.1. The summed E-state index contributed by atoms with van der Waals surface area (Å²) in [6, 6.07) is 0. The molecule has 0 fully saturated rings. The Morgan fingerprint density at radius 1 is 1.35 bits per heavy atom. The van der Waals surface area contributed by atoms with Crippen molar-refractivity contribution in [3.05, 3.63) is 0 Å². The Labute approximate surface area is 108 Å². The van der Waals surface area contributed by atoms with Crippen molar-refractivity contribution in [1.82, 2.24) is 5.32 Å². The SMILES string of the molecule is COC(=O)C(C)(O)CNCCCCCCSC. The fourth-order valence-corrected chi connectivity index (χ4v) is 1.97. The molecule has 1 atom stereocenters. The average molecular weight is 263 g/mol. The Morgan fingerprint density at radius 2 is 2.00 bits per heavy atom. The van der Waals surface area contributed by atoms with Crippen LogP contribution in [0.1, 0.15) is 32.6 Å². The number of hydrogen-bond donors (Lipinski definition) is 2. The molecule has 1 unspecified atom stereocenters. The van der Waals surface area contributed by atoms with E-state index in [4.69, 9.17) is 0 Å². The second-order valence-corrected chi connectivity index (χ2v) is 5.33. The highest BCUT2D eigenvalue weighted by molar-refractivity contribution is 7.98. The maximum Gasteiger partial charge on any atom is 0.338 e. The van der Waals surface area contributed by atoms with Gasteiger partial charge in [-0.2, -0.15) is 11.8 Å². The van der Waals surface area contributed by atoms with Crippen LogP contribution in [0.3, 0.4) is 0 Å². The number of carbonyl (C=O) groups is 1. The Balaban J connectivity index is 3.42. The van der Waals surface area contributed by atoms with Gasteiger partial charge in [-0.05, 0) is 38.3 Å². The molecule has 0 aliphatic heterocycles. The number of rotatable bonds is 10. The molecular weight excluding hydrogens is 238 g/mol. The van der Waals surface area contributed by atoms with Gasteiger partial charge < -0.3 is 15.2 Å². The Bertz CT molecular complexity index is 210. The molecule has 0 heterocycles. The minimum atomic E-state index is -1.42. The first-order valence-corrected chi connectivity index (χ1v) is 7.44. The lowest BCUT2D eigenvalue weighted by Gasteiger charge is -2.20. The summed E-state index contributed by atoms with van der Waals surface area (Å²) >= 11 is 1.88. The number of methoxy groups -OCH3 is 1. The zero-order valence-corrected chi connectivity index (χ0v) is 11.9. The van der Waals surface area contributed by atoms with Crippen LogP contribution in [0.5, 0.6) is 0 Å². The van der Waals surface area contributed by atoms with E-state index in [-0.39, 0.29) is 6.54 Å². The molecule has 0 spiro atoms. The van der Waals surface area contributed by atoms with Crippen molar-refractivity contribution in [3.8, 4) is 0 Å². The summed E-state index contributed by atoms with van der Waals surface area (Å²) in [6.07, 6.45) is 6.90. The van der Waals surface area contributed by atoms with E-state index in [1.807, 2.05) is 11.8 Å². The number of esters is 1. The first kappa shape index (κ1) is 16.7. The summed E-state index contributed by atoms with van der Waals surface area (Å²) < 4.78 is 4.51. The summed E-state index contributed by atoms with van der Waals surface area (Å²) in [7, 11) is 1.28. The average Bonchev–Trinajstić information content (AvgIpc) is 2.31. The molecule has 0 radical (unpaired) electrons. The van der Waals surface area contributed by atoms with Crippen LogP contribution >= 0.6 is 11.8 Å². The van der Waals surface area contributed by atoms with Crippen molar-refractivity contribution >= 4 is 17.7 Å². The van der Waals surface area contributed by atoms with Gasteiger partial charge in [0.2, 0.25) is 0 Å². The van der Waals surface area contributed by atoms with Crippen molar-refractivity contribution < 1.29 is 14.6 Å². The highest BCUT2D eigenvalue weighted by Crippen LogP contribution is 2.05. The lowest BCUT2D eigenvalue weighted by molar-refractivity contribution is -0.159. The Kier molecular flexibility index (Phi) is 9.59. The first-order valence-electron chi connectivity index (χ1n) is 6.05. The molecule has 0 saturated heterocycles. The zero-order chi connectivity index (χ0) is 13.1. The smallest absolute Gasteiger partial charge is 0.338 e. The molecule has 0 amide bonds. The first-order chi connectivity index (χ1) is 8.04. The molecule has 4 nitrogen and oxygen atoms in total. The van der Waals surface area contributed by atoms with Gasteiger partial charge in [-0.15, -0.1) is 0 Å². The van der Waals surface area contributed by atoms with E-state index in [2.05, 4.69) is 16.3 Å². The lowest BCUT2D eigenvalue weighted by atomic mass is 10.1. The third-order valence-corrected chi connectivity index (χ3v) is 3.24. The lowest BCUT2D eigenvalue weighted by Crippen LogP contribution is -2.45. The van der Waals surface area contributed by atoms with Crippen LogP contribution in [0.15, 0.2) is 0 Å². The van der Waals surface area contributed by atoms with E-state index >= 15 is 0 Å². The predicted octanol–water partition coefficient (Wildman–Crippen LogP) is 1.42. The van der Waals surface area contributed by atoms with Crippen LogP contribution in [-0.4, -0.2) is 48.9 Å². The Morgan fingerprint density at radius 3 is 2.59 bits per heavy atom. The van der Waals surface area contributed by atoms with Crippen molar-refractivity contribution in [3.63, 3.8) is 0 Å². The number of aliphatic hydroxyl groups is 1. The van der Waals surface area contributed by atoms with E-state index in [0.717, 1.165) is 13.0 Å². The molecule has 0 bridgehead atoms. The molecule has 0 aromatic heterocycles. The summed E-state index contributed by atoms with van der Waals surface area (Å²) in [6.45, 7) is 2.53. The van der Waals surface area contributed by atoms with Crippen LogP contribution < -0.4 is 5.32 Å². The fourth-order valence-electron chi connectivity index (χ4n) is 1.47. The Hall–Kier alpha value is -0.260. The molecule has 0 aromatic carbocycles.